The third-order valence-corrected chi connectivity index (χ3v) is 5.97. The SMILES string of the molecule is COC(=O)/C(=C\c1ccc(Cl)cc1)C[C@H](C(=O)OC)[C@@H]1CCN(C(=O)C(F)(F)F)[C@@H]1C(=O)OC(C)(C)C. The van der Waals surface area contributed by atoms with Gasteiger partial charge in [0.25, 0.3) is 0 Å². The molecule has 0 aromatic heterocycles. The number of benzene rings is 1. The molecule has 1 aromatic rings. The maximum Gasteiger partial charge on any atom is 0.471 e. The number of methoxy groups -OCH3 is 2. The van der Waals surface area contributed by atoms with Crippen molar-refractivity contribution in [3.8, 4) is 0 Å². The molecule has 204 valence electrons. The number of esters is 3. The molecule has 8 nitrogen and oxygen atoms in total. The van der Waals surface area contributed by atoms with E-state index in [2.05, 4.69) is 0 Å². The smallest absolute Gasteiger partial charge is 0.469 e. The Kier molecular flexibility index (Phi) is 9.76. The molecule has 0 spiro atoms. The number of likely N-dealkylation sites (tertiary alicyclic amines) is 1. The van der Waals surface area contributed by atoms with E-state index < -0.39 is 60.0 Å². The van der Waals surface area contributed by atoms with Crippen molar-refractivity contribution in [2.24, 2.45) is 11.8 Å². The van der Waals surface area contributed by atoms with E-state index in [1.165, 1.54) is 26.8 Å². The third kappa shape index (κ3) is 7.95. The first-order valence-electron chi connectivity index (χ1n) is 11.3. The standard InChI is InChI=1S/C25H29ClF3NO7/c1-24(2,3)37-22(33)19-17(10-11-30(19)23(34)25(27,28)29)18(21(32)36-5)13-15(20(31)35-4)12-14-6-8-16(26)9-7-14/h6-9,12,17-19H,10-11,13H2,1-5H3/b15-12-/t17-,18-,19-/m0/s1. The summed E-state index contributed by atoms with van der Waals surface area (Å²) in [6.07, 6.45) is -4.28. The highest BCUT2D eigenvalue weighted by molar-refractivity contribution is 6.30. The lowest BCUT2D eigenvalue weighted by atomic mass is 9.81. The molecule has 37 heavy (non-hydrogen) atoms. The van der Waals surface area contributed by atoms with E-state index in [1.807, 2.05) is 0 Å². The van der Waals surface area contributed by atoms with Gasteiger partial charge in [-0.2, -0.15) is 13.2 Å². The van der Waals surface area contributed by atoms with Crippen LogP contribution in [0.2, 0.25) is 5.02 Å². The molecule has 0 N–H and O–H groups in total. The van der Waals surface area contributed by atoms with Crippen LogP contribution in [0.3, 0.4) is 0 Å². The van der Waals surface area contributed by atoms with Crippen LogP contribution >= 0.6 is 11.6 Å². The molecule has 2 rings (SSSR count). The Morgan fingerprint density at radius 1 is 1.08 bits per heavy atom. The molecule has 0 saturated carbocycles. The van der Waals surface area contributed by atoms with Crippen molar-refractivity contribution in [2.45, 2.75) is 51.4 Å². The van der Waals surface area contributed by atoms with E-state index in [0.717, 1.165) is 14.2 Å². The molecule has 0 radical (unpaired) electrons. The molecular weight excluding hydrogens is 519 g/mol. The zero-order chi connectivity index (χ0) is 28.1. The summed E-state index contributed by atoms with van der Waals surface area (Å²) in [5, 5.41) is 0.449. The van der Waals surface area contributed by atoms with Gasteiger partial charge in [-0.25, -0.2) is 9.59 Å². The summed E-state index contributed by atoms with van der Waals surface area (Å²) >= 11 is 5.90. The number of hydrogen-bond acceptors (Lipinski definition) is 7. The molecule has 1 amide bonds. The van der Waals surface area contributed by atoms with Crippen molar-refractivity contribution < 1.29 is 46.6 Å². The number of carbonyl (C=O) groups is 4. The van der Waals surface area contributed by atoms with E-state index in [-0.39, 0.29) is 18.4 Å². The number of rotatable bonds is 7. The summed E-state index contributed by atoms with van der Waals surface area (Å²) in [7, 11) is 2.21. The van der Waals surface area contributed by atoms with Crippen LogP contribution in [-0.4, -0.2) is 67.3 Å². The summed E-state index contributed by atoms with van der Waals surface area (Å²) in [6, 6.07) is 4.65. The lowest BCUT2D eigenvalue weighted by molar-refractivity contribution is -0.191. The van der Waals surface area contributed by atoms with Gasteiger partial charge in [-0.05, 0) is 57.4 Å². The van der Waals surface area contributed by atoms with Crippen LogP contribution in [0.1, 0.15) is 39.2 Å². The minimum absolute atomic E-state index is 0.00348. The number of alkyl halides is 3. The minimum Gasteiger partial charge on any atom is -0.469 e. The van der Waals surface area contributed by atoms with Gasteiger partial charge in [0.1, 0.15) is 11.6 Å². The molecule has 3 atom stereocenters. The van der Waals surface area contributed by atoms with E-state index in [0.29, 0.717) is 15.5 Å². The number of halogens is 4. The van der Waals surface area contributed by atoms with Crippen LogP contribution in [0.15, 0.2) is 29.8 Å². The lowest BCUT2D eigenvalue weighted by Gasteiger charge is -2.32. The van der Waals surface area contributed by atoms with Crippen LogP contribution in [0.25, 0.3) is 6.08 Å². The summed E-state index contributed by atoms with van der Waals surface area (Å²) in [5.41, 5.74) is -0.537. The fourth-order valence-corrected chi connectivity index (χ4v) is 4.31. The van der Waals surface area contributed by atoms with Gasteiger partial charge in [0.2, 0.25) is 0 Å². The molecule has 0 bridgehead atoms. The van der Waals surface area contributed by atoms with Crippen molar-refractivity contribution in [3.63, 3.8) is 0 Å². The molecule has 1 aliphatic heterocycles. The molecule has 0 unspecified atom stereocenters. The third-order valence-electron chi connectivity index (χ3n) is 5.72. The Hall–Kier alpha value is -3.08. The number of hydrogen-bond donors (Lipinski definition) is 0. The first-order chi connectivity index (χ1) is 17.1. The van der Waals surface area contributed by atoms with Gasteiger partial charge < -0.3 is 19.1 Å². The summed E-state index contributed by atoms with van der Waals surface area (Å²) < 4.78 is 55.1. The van der Waals surface area contributed by atoms with Crippen molar-refractivity contribution in [2.75, 3.05) is 20.8 Å². The molecule has 1 fully saturated rings. The Morgan fingerprint density at radius 2 is 1.68 bits per heavy atom. The van der Waals surface area contributed by atoms with Crippen LogP contribution < -0.4 is 0 Å². The number of nitrogens with zero attached hydrogens (tertiary/aromatic N) is 1. The van der Waals surface area contributed by atoms with Crippen LogP contribution in [0, 0.1) is 11.8 Å². The summed E-state index contributed by atoms with van der Waals surface area (Å²) in [6.45, 7) is 4.11. The first-order valence-corrected chi connectivity index (χ1v) is 11.7. The average Bonchev–Trinajstić information content (AvgIpc) is 3.24. The van der Waals surface area contributed by atoms with E-state index in [1.54, 1.807) is 24.3 Å². The second-order valence-electron chi connectivity index (χ2n) is 9.47. The average molecular weight is 548 g/mol. The maximum atomic E-state index is 13.3. The van der Waals surface area contributed by atoms with Gasteiger partial charge in [-0.15, -0.1) is 0 Å². The van der Waals surface area contributed by atoms with E-state index in [4.69, 9.17) is 25.8 Å². The lowest BCUT2D eigenvalue weighted by Crippen LogP contribution is -2.52. The number of carbonyl (C=O) groups excluding carboxylic acids is 4. The zero-order valence-electron chi connectivity index (χ0n) is 21.1. The van der Waals surface area contributed by atoms with Gasteiger partial charge >= 0.3 is 30.0 Å². The highest BCUT2D eigenvalue weighted by atomic mass is 35.5. The first kappa shape index (κ1) is 30.1. The highest BCUT2D eigenvalue weighted by Crippen LogP contribution is 2.38. The van der Waals surface area contributed by atoms with Crippen molar-refractivity contribution in [1.82, 2.24) is 4.90 Å². The van der Waals surface area contributed by atoms with Crippen LogP contribution in [0.5, 0.6) is 0 Å². The summed E-state index contributed by atoms with van der Waals surface area (Å²) in [5.74, 6) is -7.38. The van der Waals surface area contributed by atoms with Gasteiger partial charge in [0.15, 0.2) is 0 Å². The topological polar surface area (TPSA) is 99.2 Å². The summed E-state index contributed by atoms with van der Waals surface area (Å²) in [4.78, 5) is 51.1. The second kappa shape index (κ2) is 12.0. The maximum absolute atomic E-state index is 13.3. The van der Waals surface area contributed by atoms with Gasteiger partial charge in [0.05, 0.1) is 20.1 Å². The molecule has 1 aliphatic rings. The van der Waals surface area contributed by atoms with Crippen molar-refractivity contribution >= 4 is 41.5 Å². The fourth-order valence-electron chi connectivity index (χ4n) is 4.18. The monoisotopic (exact) mass is 547 g/mol. The Morgan fingerprint density at radius 3 is 2.16 bits per heavy atom. The molecule has 12 heteroatoms. The van der Waals surface area contributed by atoms with E-state index in [9.17, 15) is 32.3 Å². The van der Waals surface area contributed by atoms with Crippen LogP contribution in [-0.2, 0) is 33.4 Å². The number of ether oxygens (including phenoxy) is 3. The Labute approximate surface area is 217 Å². The molecule has 1 aromatic carbocycles. The van der Waals surface area contributed by atoms with Crippen LogP contribution in [0.4, 0.5) is 13.2 Å². The fraction of sp³-hybridized carbons (Fsp3) is 0.520. The van der Waals surface area contributed by atoms with Gasteiger partial charge in [-0.3, -0.25) is 9.59 Å². The normalized spacial score (nSPS) is 19.3. The predicted octanol–water partition coefficient (Wildman–Crippen LogP) is 4.20. The molecular formula is C25H29ClF3NO7. The zero-order valence-corrected chi connectivity index (χ0v) is 21.8. The minimum atomic E-state index is -5.25. The molecule has 0 aliphatic carbocycles. The van der Waals surface area contributed by atoms with Gasteiger partial charge in [0, 0.05) is 23.1 Å². The van der Waals surface area contributed by atoms with Crippen molar-refractivity contribution in [1.29, 1.82) is 0 Å². The quantitative estimate of drug-likeness (QED) is 0.287. The van der Waals surface area contributed by atoms with Gasteiger partial charge in [-0.1, -0.05) is 23.7 Å². The molecule has 1 saturated heterocycles. The number of amides is 1. The Bertz CT molecular complexity index is 1050. The highest BCUT2D eigenvalue weighted by Gasteiger charge is 2.54. The van der Waals surface area contributed by atoms with Crippen molar-refractivity contribution in [3.05, 3.63) is 40.4 Å². The predicted molar refractivity (Wildman–Crippen MR) is 127 cm³/mol. The molecule has 1 heterocycles. The van der Waals surface area contributed by atoms with E-state index >= 15 is 0 Å². The Balaban J connectivity index is 2.55. The second-order valence-corrected chi connectivity index (χ2v) is 9.91. The largest absolute Gasteiger partial charge is 0.471 e.